The maximum Gasteiger partial charge on any atom is 0.300 e. The Balaban J connectivity index is 2.02. The number of nitrogens with zero attached hydrogens (tertiary/aromatic N) is 1. The lowest BCUT2D eigenvalue weighted by Crippen LogP contribution is -2.29. The van der Waals surface area contributed by atoms with Gasteiger partial charge in [-0.05, 0) is 36.1 Å². The molecule has 1 aliphatic heterocycles. The minimum absolute atomic E-state index is 0.0647. The van der Waals surface area contributed by atoms with Crippen molar-refractivity contribution < 1.29 is 33.6 Å². The lowest BCUT2D eigenvalue weighted by molar-refractivity contribution is -0.132. The molecule has 35 heavy (non-hydrogen) atoms. The zero-order valence-electron chi connectivity index (χ0n) is 19.9. The van der Waals surface area contributed by atoms with Gasteiger partial charge in [0.05, 0.1) is 39.7 Å². The number of hydrogen-bond donors (Lipinski definition) is 1. The van der Waals surface area contributed by atoms with Gasteiger partial charge >= 0.3 is 0 Å². The lowest BCUT2D eigenvalue weighted by atomic mass is 9.97. The number of aliphatic hydroxyl groups is 1. The SMILES string of the molecule is COc1cc(OC)cc(N2C(=O)C(=O)/C(=C(/O)c3c(OC)cccc3OC)C2c2sccc2C)c1. The molecule has 8 nitrogen and oxygen atoms in total. The average Bonchev–Trinajstić information content (AvgIpc) is 3.42. The molecule has 1 atom stereocenters. The number of hydrogen-bond acceptors (Lipinski definition) is 8. The van der Waals surface area contributed by atoms with Crippen LogP contribution in [0.25, 0.3) is 5.76 Å². The van der Waals surface area contributed by atoms with Crippen LogP contribution in [0.2, 0.25) is 0 Å². The van der Waals surface area contributed by atoms with E-state index in [2.05, 4.69) is 0 Å². The molecule has 182 valence electrons. The molecule has 0 radical (unpaired) electrons. The van der Waals surface area contributed by atoms with Crippen molar-refractivity contribution in [3.05, 3.63) is 69.4 Å². The number of amides is 1. The van der Waals surface area contributed by atoms with Crippen LogP contribution >= 0.6 is 11.3 Å². The number of aliphatic hydroxyl groups excluding tert-OH is 1. The van der Waals surface area contributed by atoms with Crippen LogP contribution in [0.4, 0.5) is 5.69 Å². The Morgan fingerprint density at radius 2 is 1.51 bits per heavy atom. The Kier molecular flexibility index (Phi) is 6.70. The summed E-state index contributed by atoms with van der Waals surface area (Å²) in [5.41, 5.74) is 1.40. The minimum atomic E-state index is -0.888. The molecule has 1 amide bonds. The van der Waals surface area contributed by atoms with Gasteiger partial charge in [0.25, 0.3) is 11.7 Å². The van der Waals surface area contributed by atoms with Crippen LogP contribution in [0, 0.1) is 6.92 Å². The van der Waals surface area contributed by atoms with Gasteiger partial charge in [0, 0.05) is 23.1 Å². The highest BCUT2D eigenvalue weighted by atomic mass is 32.1. The molecule has 1 N–H and O–H groups in total. The van der Waals surface area contributed by atoms with E-state index in [0.717, 1.165) is 10.4 Å². The van der Waals surface area contributed by atoms with E-state index >= 15 is 0 Å². The fourth-order valence-corrected chi connectivity index (χ4v) is 5.19. The number of aryl methyl sites for hydroxylation is 1. The van der Waals surface area contributed by atoms with Gasteiger partial charge in [0.1, 0.15) is 40.4 Å². The van der Waals surface area contributed by atoms with Crippen molar-refractivity contribution in [3.63, 3.8) is 0 Å². The van der Waals surface area contributed by atoms with Crippen molar-refractivity contribution in [2.24, 2.45) is 0 Å². The largest absolute Gasteiger partial charge is 0.506 e. The molecule has 0 bridgehead atoms. The van der Waals surface area contributed by atoms with Crippen LogP contribution in [-0.2, 0) is 9.59 Å². The van der Waals surface area contributed by atoms with Crippen molar-refractivity contribution in [1.29, 1.82) is 0 Å². The summed E-state index contributed by atoms with van der Waals surface area (Å²) >= 11 is 1.39. The van der Waals surface area contributed by atoms with E-state index in [9.17, 15) is 14.7 Å². The van der Waals surface area contributed by atoms with Crippen molar-refractivity contribution in [3.8, 4) is 23.0 Å². The van der Waals surface area contributed by atoms with E-state index in [1.165, 1.54) is 44.7 Å². The maximum atomic E-state index is 13.5. The molecule has 0 saturated carbocycles. The molecule has 2 aromatic carbocycles. The average molecular weight is 496 g/mol. The van der Waals surface area contributed by atoms with Crippen LogP contribution in [0.3, 0.4) is 0 Å². The zero-order chi connectivity index (χ0) is 25.3. The molecule has 1 aromatic heterocycles. The Labute approximate surface area is 206 Å². The summed E-state index contributed by atoms with van der Waals surface area (Å²) < 4.78 is 21.6. The molecule has 1 fully saturated rings. The monoisotopic (exact) mass is 495 g/mol. The Morgan fingerprint density at radius 3 is 2.00 bits per heavy atom. The Bertz CT molecular complexity index is 1280. The van der Waals surface area contributed by atoms with Gasteiger partial charge < -0.3 is 24.1 Å². The molecule has 1 unspecified atom stereocenters. The first-order valence-corrected chi connectivity index (χ1v) is 11.5. The molecule has 2 heterocycles. The predicted molar refractivity (Wildman–Crippen MR) is 133 cm³/mol. The number of rotatable bonds is 7. The van der Waals surface area contributed by atoms with Crippen molar-refractivity contribution in [2.45, 2.75) is 13.0 Å². The van der Waals surface area contributed by atoms with Crippen LogP contribution in [0.5, 0.6) is 23.0 Å². The Morgan fingerprint density at radius 1 is 0.914 bits per heavy atom. The van der Waals surface area contributed by atoms with Crippen molar-refractivity contribution in [1.82, 2.24) is 0 Å². The number of benzene rings is 2. The molecule has 3 aromatic rings. The first-order chi connectivity index (χ1) is 16.9. The molecular formula is C26H25NO7S. The second kappa shape index (κ2) is 9.71. The van der Waals surface area contributed by atoms with Crippen LogP contribution in [-0.4, -0.2) is 45.2 Å². The van der Waals surface area contributed by atoms with Gasteiger partial charge in [-0.2, -0.15) is 0 Å². The quantitative estimate of drug-likeness (QED) is 0.288. The third-order valence-electron chi connectivity index (χ3n) is 5.87. The van der Waals surface area contributed by atoms with Gasteiger partial charge in [0.2, 0.25) is 0 Å². The summed E-state index contributed by atoms with van der Waals surface area (Å²) in [5, 5.41) is 13.4. The third-order valence-corrected chi connectivity index (χ3v) is 6.94. The molecular weight excluding hydrogens is 470 g/mol. The normalized spacial score (nSPS) is 16.9. The second-order valence-electron chi connectivity index (χ2n) is 7.75. The number of carbonyl (C=O) groups is 2. The van der Waals surface area contributed by atoms with Crippen molar-refractivity contribution >= 4 is 34.5 Å². The number of methoxy groups -OCH3 is 4. The summed E-state index contributed by atoms with van der Waals surface area (Å²) in [7, 11) is 5.91. The van der Waals surface area contributed by atoms with E-state index < -0.39 is 17.7 Å². The standard InChI is InChI=1S/C26H25NO7S/c1-14-9-10-35-25(14)22-21(23(28)20-18(33-4)7-6-8-19(20)34-5)24(29)26(30)27(22)15-11-16(31-2)13-17(12-15)32-3/h6-13,22,28H,1-5H3/b23-21+. The van der Waals surface area contributed by atoms with E-state index in [1.807, 2.05) is 18.4 Å². The van der Waals surface area contributed by atoms with Crippen LogP contribution < -0.4 is 23.8 Å². The predicted octanol–water partition coefficient (Wildman–Crippen LogP) is 4.72. The smallest absolute Gasteiger partial charge is 0.300 e. The molecule has 0 aliphatic carbocycles. The number of anilines is 1. The van der Waals surface area contributed by atoms with Crippen molar-refractivity contribution in [2.75, 3.05) is 33.3 Å². The maximum absolute atomic E-state index is 13.5. The van der Waals surface area contributed by atoms with E-state index in [1.54, 1.807) is 36.4 Å². The second-order valence-corrected chi connectivity index (χ2v) is 8.69. The first-order valence-electron chi connectivity index (χ1n) is 10.7. The fraction of sp³-hybridized carbons (Fsp3) is 0.231. The fourth-order valence-electron chi connectivity index (χ4n) is 4.16. The number of ketones is 1. The van der Waals surface area contributed by atoms with E-state index in [-0.39, 0.29) is 16.9 Å². The highest BCUT2D eigenvalue weighted by Gasteiger charge is 2.48. The van der Waals surface area contributed by atoms with Gasteiger partial charge in [-0.1, -0.05) is 6.07 Å². The summed E-state index contributed by atoms with van der Waals surface area (Å²) in [5.74, 6) is -0.476. The Hall–Kier alpha value is -3.98. The molecule has 4 rings (SSSR count). The summed E-state index contributed by atoms with van der Waals surface area (Å²) in [6.07, 6.45) is 0. The summed E-state index contributed by atoms with van der Waals surface area (Å²) in [6.45, 7) is 1.89. The number of ether oxygens (including phenoxy) is 4. The number of Topliss-reactive ketones (excluding diaryl/α,β-unsaturated/α-hetero) is 1. The minimum Gasteiger partial charge on any atom is -0.506 e. The molecule has 1 saturated heterocycles. The third kappa shape index (κ3) is 4.08. The molecule has 1 aliphatic rings. The van der Waals surface area contributed by atoms with Gasteiger partial charge in [-0.3, -0.25) is 14.5 Å². The summed E-state index contributed by atoms with van der Waals surface area (Å²) in [6, 6.07) is 11.0. The number of thiophene rings is 1. The van der Waals surface area contributed by atoms with Gasteiger partial charge in [-0.15, -0.1) is 11.3 Å². The zero-order valence-corrected chi connectivity index (χ0v) is 20.8. The number of carbonyl (C=O) groups excluding carboxylic acids is 2. The highest BCUT2D eigenvalue weighted by Crippen LogP contribution is 2.48. The molecule has 9 heteroatoms. The van der Waals surface area contributed by atoms with E-state index in [0.29, 0.717) is 28.7 Å². The van der Waals surface area contributed by atoms with E-state index in [4.69, 9.17) is 18.9 Å². The van der Waals surface area contributed by atoms with Crippen LogP contribution in [0.15, 0.2) is 53.4 Å². The highest BCUT2D eigenvalue weighted by molar-refractivity contribution is 7.10. The summed E-state index contributed by atoms with van der Waals surface area (Å²) in [4.78, 5) is 29.0. The first kappa shape index (κ1) is 24.2. The van der Waals surface area contributed by atoms with Gasteiger partial charge in [-0.25, -0.2) is 0 Å². The van der Waals surface area contributed by atoms with Gasteiger partial charge in [0.15, 0.2) is 0 Å². The van der Waals surface area contributed by atoms with Crippen LogP contribution in [0.1, 0.15) is 22.0 Å². The lowest BCUT2D eigenvalue weighted by Gasteiger charge is -2.26. The topological polar surface area (TPSA) is 94.5 Å². The molecule has 0 spiro atoms.